The van der Waals surface area contributed by atoms with Crippen LogP contribution in [0.2, 0.25) is 0 Å². The van der Waals surface area contributed by atoms with Gasteiger partial charge < -0.3 is 0 Å². The summed E-state index contributed by atoms with van der Waals surface area (Å²) in [6, 6.07) is 13.8. The van der Waals surface area contributed by atoms with E-state index < -0.39 is 10.0 Å². The van der Waals surface area contributed by atoms with Crippen molar-refractivity contribution in [2.24, 2.45) is 0 Å². The van der Waals surface area contributed by atoms with E-state index in [0.29, 0.717) is 14.9 Å². The molecular formula is C20H15N3O3S4. The van der Waals surface area contributed by atoms with Crippen molar-refractivity contribution >= 4 is 72.5 Å². The van der Waals surface area contributed by atoms with Crippen molar-refractivity contribution in [2.45, 2.75) is 11.8 Å². The van der Waals surface area contributed by atoms with Crippen LogP contribution in [0, 0.1) is 6.92 Å². The Bertz CT molecular complexity index is 1230. The van der Waals surface area contributed by atoms with Gasteiger partial charge in [0.15, 0.2) is 9.45 Å². The quantitative estimate of drug-likeness (QED) is 0.429. The fraction of sp³-hybridized carbons (Fsp3) is 0.0500. The van der Waals surface area contributed by atoms with Crippen LogP contribution >= 0.6 is 35.3 Å². The van der Waals surface area contributed by atoms with E-state index in [1.54, 1.807) is 23.6 Å². The van der Waals surface area contributed by atoms with E-state index in [2.05, 4.69) is 9.71 Å². The molecule has 0 saturated carbocycles. The van der Waals surface area contributed by atoms with Crippen LogP contribution in [0.15, 0.2) is 69.9 Å². The van der Waals surface area contributed by atoms with Gasteiger partial charge in [0.05, 0.1) is 15.5 Å². The van der Waals surface area contributed by atoms with E-state index in [0.717, 1.165) is 11.1 Å². The highest BCUT2D eigenvalue weighted by Gasteiger charge is 2.33. The monoisotopic (exact) mass is 473 g/mol. The van der Waals surface area contributed by atoms with Crippen LogP contribution < -0.4 is 9.62 Å². The second kappa shape index (κ2) is 8.31. The second-order valence-corrected chi connectivity index (χ2v) is 10.6. The van der Waals surface area contributed by atoms with Crippen LogP contribution in [-0.4, -0.2) is 23.6 Å². The molecule has 6 nitrogen and oxygen atoms in total. The Morgan fingerprint density at radius 2 is 1.80 bits per heavy atom. The number of benzene rings is 2. The van der Waals surface area contributed by atoms with Crippen molar-refractivity contribution in [1.29, 1.82) is 0 Å². The van der Waals surface area contributed by atoms with Crippen molar-refractivity contribution in [1.82, 2.24) is 4.98 Å². The lowest BCUT2D eigenvalue weighted by molar-refractivity contribution is -0.113. The standard InChI is InChI=1S/C20H15N3O3S4/c1-13-2-4-14(5-3-13)12-17-18(24)23(20(27)29-17)15-6-8-16(9-7-15)30(25,26)22-19-21-10-11-28-19/h2-12H,1H3,(H,21,22)/b17-12-. The lowest BCUT2D eigenvalue weighted by Gasteiger charge is -2.15. The fourth-order valence-electron chi connectivity index (χ4n) is 2.73. The van der Waals surface area contributed by atoms with Gasteiger partial charge in [-0.25, -0.2) is 13.4 Å². The van der Waals surface area contributed by atoms with Crippen LogP contribution in [0.1, 0.15) is 11.1 Å². The predicted molar refractivity (Wildman–Crippen MR) is 126 cm³/mol. The number of hydrogen-bond donors (Lipinski definition) is 1. The van der Waals surface area contributed by atoms with Crippen LogP contribution in [-0.2, 0) is 14.8 Å². The number of hydrogen-bond acceptors (Lipinski definition) is 7. The molecule has 0 unspecified atom stereocenters. The number of thioether (sulfide) groups is 1. The largest absolute Gasteiger partial charge is 0.270 e. The smallest absolute Gasteiger partial charge is 0.268 e. The Morgan fingerprint density at radius 1 is 1.10 bits per heavy atom. The number of nitrogens with zero attached hydrogens (tertiary/aromatic N) is 2. The van der Waals surface area contributed by atoms with Gasteiger partial charge in [-0.3, -0.25) is 14.4 Å². The van der Waals surface area contributed by atoms with Gasteiger partial charge >= 0.3 is 0 Å². The number of amides is 1. The fourth-order valence-corrected chi connectivity index (χ4v) is 5.81. The summed E-state index contributed by atoms with van der Waals surface area (Å²) in [4.78, 5) is 18.8. The average molecular weight is 474 g/mol. The third-order valence-electron chi connectivity index (χ3n) is 4.23. The first-order valence-corrected chi connectivity index (χ1v) is 12.3. The Morgan fingerprint density at radius 3 is 2.43 bits per heavy atom. The van der Waals surface area contributed by atoms with Crippen molar-refractivity contribution in [3.8, 4) is 0 Å². The topological polar surface area (TPSA) is 79.4 Å². The van der Waals surface area contributed by atoms with Gasteiger partial charge in [0.2, 0.25) is 0 Å². The minimum Gasteiger partial charge on any atom is -0.268 e. The molecule has 0 aliphatic carbocycles. The number of anilines is 2. The molecule has 30 heavy (non-hydrogen) atoms. The van der Waals surface area contributed by atoms with Crippen molar-refractivity contribution < 1.29 is 13.2 Å². The number of nitrogens with one attached hydrogen (secondary N) is 1. The van der Waals surface area contributed by atoms with E-state index in [9.17, 15) is 13.2 Å². The molecule has 2 heterocycles. The molecule has 1 saturated heterocycles. The van der Waals surface area contributed by atoms with Crippen LogP contribution in [0.3, 0.4) is 0 Å². The number of aromatic nitrogens is 1. The Hall–Kier alpha value is -2.53. The third kappa shape index (κ3) is 4.31. The summed E-state index contributed by atoms with van der Waals surface area (Å²) in [5.41, 5.74) is 2.56. The number of thiazole rings is 1. The van der Waals surface area contributed by atoms with Crippen molar-refractivity contribution in [3.05, 3.63) is 76.1 Å². The van der Waals surface area contributed by atoms with Gasteiger partial charge in [-0.1, -0.05) is 53.8 Å². The third-order valence-corrected chi connectivity index (χ3v) is 7.70. The summed E-state index contributed by atoms with van der Waals surface area (Å²) < 4.78 is 27.8. The number of carbonyl (C=O) groups excluding carboxylic acids is 1. The summed E-state index contributed by atoms with van der Waals surface area (Å²) in [6.07, 6.45) is 3.32. The highest BCUT2D eigenvalue weighted by Crippen LogP contribution is 2.36. The molecule has 1 aliphatic rings. The number of thiocarbonyl (C=S) groups is 1. The van der Waals surface area contributed by atoms with Gasteiger partial charge in [0, 0.05) is 11.6 Å². The number of rotatable bonds is 5. The summed E-state index contributed by atoms with van der Waals surface area (Å²) in [6.45, 7) is 2.00. The van der Waals surface area contributed by atoms with Crippen molar-refractivity contribution in [2.75, 3.05) is 9.62 Å². The van der Waals surface area contributed by atoms with Gasteiger partial charge in [0.25, 0.3) is 15.9 Å². The predicted octanol–water partition coefficient (Wildman–Crippen LogP) is 4.66. The molecule has 4 rings (SSSR count). The molecule has 0 spiro atoms. The summed E-state index contributed by atoms with van der Waals surface area (Å²) in [5.74, 6) is -0.234. The first-order chi connectivity index (χ1) is 14.3. The first kappa shape index (κ1) is 20.7. The first-order valence-electron chi connectivity index (χ1n) is 8.70. The second-order valence-electron chi connectivity index (χ2n) is 6.36. The molecule has 1 aliphatic heterocycles. The normalized spacial score (nSPS) is 15.8. The maximum atomic E-state index is 12.9. The van der Waals surface area contributed by atoms with E-state index in [1.807, 2.05) is 31.2 Å². The van der Waals surface area contributed by atoms with Gasteiger partial charge in [-0.2, -0.15) is 0 Å². The van der Waals surface area contributed by atoms with Gasteiger partial charge in [-0.15, -0.1) is 11.3 Å². The zero-order valence-electron chi connectivity index (χ0n) is 15.6. The molecule has 1 N–H and O–H groups in total. The Balaban J connectivity index is 1.56. The molecule has 1 aromatic heterocycles. The summed E-state index contributed by atoms with van der Waals surface area (Å²) >= 11 is 7.80. The highest BCUT2D eigenvalue weighted by molar-refractivity contribution is 8.27. The van der Waals surface area contributed by atoms with Crippen LogP contribution in [0.5, 0.6) is 0 Å². The minimum absolute atomic E-state index is 0.0714. The molecule has 0 radical (unpaired) electrons. The highest BCUT2D eigenvalue weighted by atomic mass is 32.2. The average Bonchev–Trinajstić information content (AvgIpc) is 3.31. The number of sulfonamides is 1. The zero-order chi connectivity index (χ0) is 21.3. The van der Waals surface area contributed by atoms with E-state index in [1.165, 1.54) is 46.3 Å². The molecule has 0 bridgehead atoms. The molecule has 3 aromatic rings. The van der Waals surface area contributed by atoms with E-state index in [-0.39, 0.29) is 15.9 Å². The molecule has 0 atom stereocenters. The van der Waals surface area contributed by atoms with E-state index >= 15 is 0 Å². The molecule has 1 fully saturated rings. The van der Waals surface area contributed by atoms with Gasteiger partial charge in [-0.05, 0) is 42.8 Å². The number of carbonyl (C=O) groups is 1. The van der Waals surface area contributed by atoms with Crippen molar-refractivity contribution in [3.63, 3.8) is 0 Å². The Kier molecular flexibility index (Phi) is 5.74. The maximum absolute atomic E-state index is 12.9. The van der Waals surface area contributed by atoms with Gasteiger partial charge in [0.1, 0.15) is 0 Å². The molecular weight excluding hydrogens is 459 g/mol. The summed E-state index contributed by atoms with van der Waals surface area (Å²) in [5, 5.41) is 1.97. The molecule has 2 aromatic carbocycles. The zero-order valence-corrected chi connectivity index (χ0v) is 18.9. The maximum Gasteiger partial charge on any atom is 0.270 e. The Labute approximate surface area is 187 Å². The number of aryl methyl sites for hydroxylation is 1. The molecule has 152 valence electrons. The van der Waals surface area contributed by atoms with Crippen LogP contribution in [0.4, 0.5) is 10.8 Å². The SMILES string of the molecule is Cc1ccc(/C=C2\SC(=S)N(c3ccc(S(=O)(=O)Nc4nccs4)cc3)C2=O)cc1. The molecule has 10 heteroatoms. The van der Waals surface area contributed by atoms with E-state index in [4.69, 9.17) is 12.2 Å². The summed E-state index contributed by atoms with van der Waals surface area (Å²) in [7, 11) is -3.76. The molecule has 1 amide bonds. The van der Waals surface area contributed by atoms with Crippen LogP contribution in [0.25, 0.3) is 6.08 Å². The lowest BCUT2D eigenvalue weighted by atomic mass is 10.1. The minimum atomic E-state index is -3.76. The lowest BCUT2D eigenvalue weighted by Crippen LogP contribution is -2.27.